The summed E-state index contributed by atoms with van der Waals surface area (Å²) < 4.78 is 26.7. The summed E-state index contributed by atoms with van der Waals surface area (Å²) >= 11 is 0. The predicted octanol–water partition coefficient (Wildman–Crippen LogP) is 1.54. The molecular formula is C8H16O3S. The molecule has 72 valence electrons. The van der Waals surface area contributed by atoms with Crippen LogP contribution in [0.1, 0.15) is 33.1 Å². The van der Waals surface area contributed by atoms with Crippen LogP contribution in [0, 0.1) is 5.92 Å². The zero-order valence-electron chi connectivity index (χ0n) is 7.83. The van der Waals surface area contributed by atoms with E-state index in [2.05, 4.69) is 13.8 Å². The average molecular weight is 192 g/mol. The Kier molecular flexibility index (Phi) is 2.50. The van der Waals surface area contributed by atoms with Crippen LogP contribution in [0.4, 0.5) is 0 Å². The largest absolute Gasteiger partial charge is 0.264 e. The predicted molar refractivity (Wildman–Crippen MR) is 47.3 cm³/mol. The monoisotopic (exact) mass is 192 g/mol. The zero-order chi connectivity index (χ0) is 9.41. The molecule has 1 fully saturated rings. The van der Waals surface area contributed by atoms with Crippen LogP contribution in [0.5, 0.6) is 0 Å². The summed E-state index contributed by atoms with van der Waals surface area (Å²) in [7, 11) is -3.26. The first-order valence-corrected chi connectivity index (χ1v) is 6.05. The van der Waals surface area contributed by atoms with Gasteiger partial charge in [-0.15, -0.1) is 0 Å². The van der Waals surface area contributed by atoms with Gasteiger partial charge in [0.2, 0.25) is 0 Å². The summed E-state index contributed by atoms with van der Waals surface area (Å²) in [6.07, 6.45) is 3.74. The van der Waals surface area contributed by atoms with E-state index in [0.29, 0.717) is 5.92 Å². The van der Waals surface area contributed by atoms with E-state index in [1.807, 2.05) is 0 Å². The molecule has 4 heteroatoms. The average Bonchev–Trinajstić information content (AvgIpc) is 2.40. The van der Waals surface area contributed by atoms with Gasteiger partial charge in [0.05, 0.1) is 11.9 Å². The lowest BCUT2D eigenvalue weighted by molar-refractivity contribution is 0.161. The summed E-state index contributed by atoms with van der Waals surface area (Å²) in [4.78, 5) is 0. The molecule has 1 saturated carbocycles. The third-order valence-corrected chi connectivity index (χ3v) is 2.57. The van der Waals surface area contributed by atoms with Crippen LogP contribution in [0.3, 0.4) is 0 Å². The summed E-state index contributed by atoms with van der Waals surface area (Å²) in [5.74, 6) is 0.495. The van der Waals surface area contributed by atoms with Gasteiger partial charge in [-0.1, -0.05) is 13.8 Å². The maximum Gasteiger partial charge on any atom is 0.264 e. The lowest BCUT2D eigenvalue weighted by Gasteiger charge is -2.16. The van der Waals surface area contributed by atoms with E-state index in [1.165, 1.54) is 0 Å². The minimum absolute atomic E-state index is 0.332. The lowest BCUT2D eigenvalue weighted by Crippen LogP contribution is -2.20. The van der Waals surface area contributed by atoms with Gasteiger partial charge in [-0.2, -0.15) is 8.42 Å². The van der Waals surface area contributed by atoms with Gasteiger partial charge in [0.15, 0.2) is 0 Å². The Bertz CT molecular complexity index is 249. The molecule has 0 bridgehead atoms. The van der Waals surface area contributed by atoms with Crippen LogP contribution in [0.2, 0.25) is 0 Å². The Hall–Kier alpha value is -0.0900. The van der Waals surface area contributed by atoms with Crippen LogP contribution in [0.15, 0.2) is 0 Å². The Labute approximate surface area is 74.2 Å². The minimum Gasteiger partial charge on any atom is -0.264 e. The first-order valence-electron chi connectivity index (χ1n) is 4.24. The molecule has 0 unspecified atom stereocenters. The summed E-state index contributed by atoms with van der Waals surface area (Å²) in [5, 5.41) is 0. The highest BCUT2D eigenvalue weighted by molar-refractivity contribution is 7.86. The molecule has 3 nitrogen and oxygen atoms in total. The molecule has 0 aromatic carbocycles. The van der Waals surface area contributed by atoms with Crippen molar-refractivity contribution < 1.29 is 12.6 Å². The van der Waals surface area contributed by atoms with Crippen LogP contribution in [-0.2, 0) is 14.3 Å². The summed E-state index contributed by atoms with van der Waals surface area (Å²) in [6, 6.07) is 0. The Morgan fingerprint density at radius 2 is 1.92 bits per heavy atom. The van der Waals surface area contributed by atoms with Crippen molar-refractivity contribution in [3.05, 3.63) is 0 Å². The molecule has 0 atom stereocenters. The van der Waals surface area contributed by atoms with E-state index in [9.17, 15) is 8.42 Å². The quantitative estimate of drug-likeness (QED) is 0.635. The fourth-order valence-electron chi connectivity index (χ4n) is 1.53. The van der Waals surface area contributed by atoms with Gasteiger partial charge in [-0.05, 0) is 25.2 Å². The van der Waals surface area contributed by atoms with Crippen molar-refractivity contribution in [2.75, 3.05) is 6.26 Å². The molecular weight excluding hydrogens is 176 g/mol. The van der Waals surface area contributed by atoms with Crippen molar-refractivity contribution in [2.24, 2.45) is 5.92 Å². The number of hydrogen-bond acceptors (Lipinski definition) is 3. The first kappa shape index (κ1) is 9.99. The van der Waals surface area contributed by atoms with Crippen molar-refractivity contribution >= 4 is 10.1 Å². The zero-order valence-corrected chi connectivity index (χ0v) is 8.65. The highest BCUT2D eigenvalue weighted by atomic mass is 32.2. The van der Waals surface area contributed by atoms with Crippen molar-refractivity contribution in [2.45, 2.75) is 38.7 Å². The molecule has 0 aliphatic heterocycles. The summed E-state index contributed by atoms with van der Waals surface area (Å²) in [5.41, 5.74) is -0.332. The van der Waals surface area contributed by atoms with Crippen LogP contribution in [0.25, 0.3) is 0 Å². The Morgan fingerprint density at radius 3 is 2.17 bits per heavy atom. The fourth-order valence-corrected chi connectivity index (χ4v) is 2.40. The van der Waals surface area contributed by atoms with E-state index in [4.69, 9.17) is 4.18 Å². The van der Waals surface area contributed by atoms with E-state index in [0.717, 1.165) is 25.5 Å². The fraction of sp³-hybridized carbons (Fsp3) is 1.00. The minimum atomic E-state index is -3.26. The van der Waals surface area contributed by atoms with Crippen LogP contribution < -0.4 is 0 Å². The van der Waals surface area contributed by atoms with Gasteiger partial charge in [0.1, 0.15) is 0 Å². The molecule has 0 aromatic heterocycles. The maximum absolute atomic E-state index is 10.8. The maximum atomic E-state index is 10.8. The molecule has 1 aliphatic carbocycles. The molecule has 0 amide bonds. The highest BCUT2D eigenvalue weighted by Gasteiger charge is 2.47. The van der Waals surface area contributed by atoms with Gasteiger partial charge in [-0.3, -0.25) is 4.18 Å². The topological polar surface area (TPSA) is 43.4 Å². The van der Waals surface area contributed by atoms with E-state index < -0.39 is 10.1 Å². The van der Waals surface area contributed by atoms with Crippen molar-refractivity contribution in [3.63, 3.8) is 0 Å². The molecule has 0 spiro atoms. The number of hydrogen-bond donors (Lipinski definition) is 0. The van der Waals surface area contributed by atoms with E-state index in [1.54, 1.807) is 0 Å². The molecule has 0 N–H and O–H groups in total. The third-order valence-electron chi connectivity index (χ3n) is 1.92. The van der Waals surface area contributed by atoms with Gasteiger partial charge in [0.25, 0.3) is 10.1 Å². The molecule has 12 heavy (non-hydrogen) atoms. The normalized spacial score (nSPS) is 21.3. The SMILES string of the molecule is CC(C)CC1(OS(C)(=O)=O)CC1. The van der Waals surface area contributed by atoms with Crippen molar-refractivity contribution in [1.29, 1.82) is 0 Å². The highest BCUT2D eigenvalue weighted by Crippen LogP contribution is 2.45. The molecule has 0 heterocycles. The second-order valence-corrected chi connectivity index (χ2v) is 5.64. The first-order chi connectivity index (χ1) is 5.33. The second-order valence-electron chi connectivity index (χ2n) is 4.07. The van der Waals surface area contributed by atoms with Crippen molar-refractivity contribution in [1.82, 2.24) is 0 Å². The standard InChI is InChI=1S/C8H16O3S/c1-7(2)6-8(4-5-8)11-12(3,9)10/h7H,4-6H2,1-3H3. The smallest absolute Gasteiger partial charge is 0.264 e. The molecule has 1 rings (SSSR count). The van der Waals surface area contributed by atoms with Crippen LogP contribution >= 0.6 is 0 Å². The van der Waals surface area contributed by atoms with Gasteiger partial charge < -0.3 is 0 Å². The van der Waals surface area contributed by atoms with E-state index >= 15 is 0 Å². The Balaban J connectivity index is 2.51. The summed E-state index contributed by atoms with van der Waals surface area (Å²) in [6.45, 7) is 4.15. The molecule has 0 aromatic rings. The van der Waals surface area contributed by atoms with Crippen LogP contribution in [-0.4, -0.2) is 20.3 Å². The van der Waals surface area contributed by atoms with Gasteiger partial charge in [-0.25, -0.2) is 0 Å². The van der Waals surface area contributed by atoms with Gasteiger partial charge >= 0.3 is 0 Å². The number of rotatable bonds is 4. The Morgan fingerprint density at radius 1 is 1.42 bits per heavy atom. The lowest BCUT2D eigenvalue weighted by atomic mass is 10.1. The van der Waals surface area contributed by atoms with E-state index in [-0.39, 0.29) is 5.60 Å². The molecule has 1 aliphatic rings. The molecule has 0 saturated heterocycles. The second kappa shape index (κ2) is 3.00. The molecule has 0 radical (unpaired) electrons. The van der Waals surface area contributed by atoms with Crippen molar-refractivity contribution in [3.8, 4) is 0 Å². The third kappa shape index (κ3) is 3.11. The van der Waals surface area contributed by atoms with Gasteiger partial charge in [0, 0.05) is 0 Å².